The van der Waals surface area contributed by atoms with Gasteiger partial charge in [-0.05, 0) is 45.8 Å². The molecule has 15 heavy (non-hydrogen) atoms. The molecule has 1 N–H and O–H groups in total. The van der Waals surface area contributed by atoms with Gasteiger partial charge in [-0.15, -0.1) is 0 Å². The monoisotopic (exact) mass is 209 g/mol. The molecule has 0 aromatic carbocycles. The molecule has 3 nitrogen and oxygen atoms in total. The van der Waals surface area contributed by atoms with Crippen molar-refractivity contribution in [1.29, 1.82) is 5.26 Å². The van der Waals surface area contributed by atoms with Crippen LogP contribution in [0.15, 0.2) is 0 Å². The zero-order valence-electron chi connectivity index (χ0n) is 10.2. The van der Waals surface area contributed by atoms with Crippen molar-refractivity contribution in [2.24, 2.45) is 0 Å². The van der Waals surface area contributed by atoms with E-state index in [9.17, 15) is 5.26 Å². The van der Waals surface area contributed by atoms with Crippen molar-refractivity contribution in [1.82, 2.24) is 10.2 Å². The lowest BCUT2D eigenvalue weighted by Crippen LogP contribution is -2.42. The minimum Gasteiger partial charge on any atom is -0.302 e. The summed E-state index contributed by atoms with van der Waals surface area (Å²) in [4.78, 5) is 2.51. The fourth-order valence-electron chi connectivity index (χ4n) is 2.60. The highest BCUT2D eigenvalue weighted by Gasteiger charge is 2.39. The Morgan fingerprint density at radius 3 is 2.67 bits per heavy atom. The van der Waals surface area contributed by atoms with Crippen LogP contribution in [0.4, 0.5) is 0 Å². The summed E-state index contributed by atoms with van der Waals surface area (Å²) in [6.45, 7) is 6.69. The Hall–Kier alpha value is -0.590. The molecular formula is C12H23N3. The molecule has 0 aromatic heterocycles. The van der Waals surface area contributed by atoms with Gasteiger partial charge in [0.25, 0.3) is 0 Å². The van der Waals surface area contributed by atoms with Gasteiger partial charge in [-0.2, -0.15) is 5.26 Å². The summed E-state index contributed by atoms with van der Waals surface area (Å²) in [5.41, 5.74) is -0.258. The number of nitrogens with one attached hydrogen (secondary N) is 1. The number of rotatable bonds is 5. The van der Waals surface area contributed by atoms with Crippen LogP contribution in [-0.4, -0.2) is 36.6 Å². The standard InChI is InChI=1S/C12H23N3/c1-4-8-15(5-2)11-6-7-12(9-11,10-13)14-3/h11,14H,4-9H2,1-3H3. The van der Waals surface area contributed by atoms with Crippen molar-refractivity contribution >= 4 is 0 Å². The molecule has 0 radical (unpaired) electrons. The molecule has 1 aliphatic rings. The van der Waals surface area contributed by atoms with Gasteiger partial charge in [-0.25, -0.2) is 0 Å². The van der Waals surface area contributed by atoms with Gasteiger partial charge >= 0.3 is 0 Å². The first kappa shape index (κ1) is 12.5. The number of nitrogens with zero attached hydrogens (tertiary/aromatic N) is 2. The van der Waals surface area contributed by atoms with E-state index >= 15 is 0 Å². The van der Waals surface area contributed by atoms with Gasteiger partial charge < -0.3 is 10.2 Å². The largest absolute Gasteiger partial charge is 0.302 e. The minimum absolute atomic E-state index is 0.258. The molecular weight excluding hydrogens is 186 g/mol. The maximum Gasteiger partial charge on any atom is 0.108 e. The second-order valence-electron chi connectivity index (χ2n) is 4.47. The molecule has 0 heterocycles. The molecule has 0 amide bonds. The summed E-state index contributed by atoms with van der Waals surface area (Å²) < 4.78 is 0. The topological polar surface area (TPSA) is 39.1 Å². The summed E-state index contributed by atoms with van der Waals surface area (Å²) in [6, 6.07) is 3.04. The molecule has 0 spiro atoms. The lowest BCUT2D eigenvalue weighted by atomic mass is 10.00. The van der Waals surface area contributed by atoms with E-state index < -0.39 is 0 Å². The summed E-state index contributed by atoms with van der Waals surface area (Å²) in [5.74, 6) is 0. The van der Waals surface area contributed by atoms with Crippen LogP contribution in [0.2, 0.25) is 0 Å². The first-order chi connectivity index (χ1) is 7.21. The Balaban J connectivity index is 2.58. The number of hydrogen-bond donors (Lipinski definition) is 1. The third-order valence-corrected chi connectivity index (χ3v) is 3.61. The van der Waals surface area contributed by atoms with Crippen LogP contribution in [0.5, 0.6) is 0 Å². The predicted octanol–water partition coefficient (Wildman–Crippen LogP) is 1.75. The van der Waals surface area contributed by atoms with Gasteiger partial charge in [0.05, 0.1) is 6.07 Å². The van der Waals surface area contributed by atoms with Crippen LogP contribution in [0.1, 0.15) is 39.5 Å². The Bertz CT molecular complexity index is 234. The molecule has 1 fully saturated rings. The van der Waals surface area contributed by atoms with Crippen molar-refractivity contribution in [3.8, 4) is 6.07 Å². The maximum absolute atomic E-state index is 9.19. The molecule has 1 saturated carbocycles. The molecule has 1 aliphatic carbocycles. The Labute approximate surface area is 93.5 Å². The SMILES string of the molecule is CCCN(CC)C1CCC(C#N)(NC)C1. The Kier molecular flexibility index (Phi) is 4.56. The molecule has 2 atom stereocenters. The maximum atomic E-state index is 9.19. The molecule has 2 unspecified atom stereocenters. The highest BCUT2D eigenvalue weighted by molar-refractivity contribution is 5.12. The van der Waals surface area contributed by atoms with Crippen LogP contribution in [-0.2, 0) is 0 Å². The van der Waals surface area contributed by atoms with Gasteiger partial charge in [-0.1, -0.05) is 13.8 Å². The molecule has 1 rings (SSSR count). The lowest BCUT2D eigenvalue weighted by Gasteiger charge is -2.28. The summed E-state index contributed by atoms with van der Waals surface area (Å²) in [5, 5.41) is 12.4. The summed E-state index contributed by atoms with van der Waals surface area (Å²) in [6.07, 6.45) is 4.32. The van der Waals surface area contributed by atoms with Gasteiger partial charge in [0.15, 0.2) is 0 Å². The molecule has 0 bridgehead atoms. The Morgan fingerprint density at radius 1 is 1.53 bits per heavy atom. The highest BCUT2D eigenvalue weighted by Crippen LogP contribution is 2.32. The van der Waals surface area contributed by atoms with Crippen LogP contribution >= 0.6 is 0 Å². The van der Waals surface area contributed by atoms with Crippen molar-refractivity contribution in [2.45, 2.75) is 51.1 Å². The van der Waals surface area contributed by atoms with Crippen LogP contribution < -0.4 is 5.32 Å². The van der Waals surface area contributed by atoms with E-state index in [-0.39, 0.29) is 5.54 Å². The second-order valence-corrected chi connectivity index (χ2v) is 4.47. The molecule has 0 aromatic rings. The second kappa shape index (κ2) is 5.48. The van der Waals surface area contributed by atoms with Gasteiger partial charge in [0.1, 0.15) is 5.54 Å². The smallest absolute Gasteiger partial charge is 0.108 e. The molecule has 3 heteroatoms. The first-order valence-electron chi connectivity index (χ1n) is 6.05. The van der Waals surface area contributed by atoms with Crippen LogP contribution in [0.3, 0.4) is 0 Å². The van der Waals surface area contributed by atoms with Gasteiger partial charge in [-0.3, -0.25) is 0 Å². The third kappa shape index (κ3) is 2.70. The molecule has 0 aliphatic heterocycles. The van der Waals surface area contributed by atoms with E-state index in [0.717, 1.165) is 32.4 Å². The summed E-state index contributed by atoms with van der Waals surface area (Å²) in [7, 11) is 1.90. The van der Waals surface area contributed by atoms with E-state index in [4.69, 9.17) is 0 Å². The fourth-order valence-corrected chi connectivity index (χ4v) is 2.60. The minimum atomic E-state index is -0.258. The van der Waals surface area contributed by atoms with E-state index in [0.29, 0.717) is 6.04 Å². The zero-order valence-corrected chi connectivity index (χ0v) is 10.2. The van der Waals surface area contributed by atoms with E-state index in [1.54, 1.807) is 0 Å². The van der Waals surface area contributed by atoms with Crippen molar-refractivity contribution in [3.05, 3.63) is 0 Å². The third-order valence-electron chi connectivity index (χ3n) is 3.61. The first-order valence-corrected chi connectivity index (χ1v) is 6.05. The van der Waals surface area contributed by atoms with Gasteiger partial charge in [0.2, 0.25) is 0 Å². The molecule has 86 valence electrons. The molecule has 0 saturated heterocycles. The van der Waals surface area contributed by atoms with E-state index in [1.165, 1.54) is 6.42 Å². The van der Waals surface area contributed by atoms with Crippen molar-refractivity contribution < 1.29 is 0 Å². The fraction of sp³-hybridized carbons (Fsp3) is 0.917. The van der Waals surface area contributed by atoms with Gasteiger partial charge in [0, 0.05) is 6.04 Å². The van der Waals surface area contributed by atoms with Crippen LogP contribution in [0.25, 0.3) is 0 Å². The number of hydrogen-bond acceptors (Lipinski definition) is 3. The normalized spacial score (nSPS) is 30.7. The number of nitriles is 1. The average Bonchev–Trinajstić information content (AvgIpc) is 2.71. The van der Waals surface area contributed by atoms with E-state index in [2.05, 4.69) is 30.1 Å². The average molecular weight is 209 g/mol. The summed E-state index contributed by atoms with van der Waals surface area (Å²) >= 11 is 0. The van der Waals surface area contributed by atoms with Crippen molar-refractivity contribution in [3.63, 3.8) is 0 Å². The predicted molar refractivity (Wildman–Crippen MR) is 62.6 cm³/mol. The Morgan fingerprint density at radius 2 is 2.27 bits per heavy atom. The van der Waals surface area contributed by atoms with E-state index in [1.807, 2.05) is 7.05 Å². The zero-order chi connectivity index (χ0) is 11.3. The highest BCUT2D eigenvalue weighted by atomic mass is 15.2. The van der Waals surface area contributed by atoms with Crippen molar-refractivity contribution in [2.75, 3.05) is 20.1 Å². The quantitative estimate of drug-likeness (QED) is 0.750. The lowest BCUT2D eigenvalue weighted by molar-refractivity contribution is 0.203. The van der Waals surface area contributed by atoms with Crippen LogP contribution in [0, 0.1) is 11.3 Å².